The summed E-state index contributed by atoms with van der Waals surface area (Å²) < 4.78 is 0. The zero-order chi connectivity index (χ0) is 11.3. The Morgan fingerprint density at radius 2 is 1.87 bits per heavy atom. The first-order valence-electron chi connectivity index (χ1n) is 5.42. The van der Waals surface area contributed by atoms with E-state index in [9.17, 15) is 5.11 Å². The minimum atomic E-state index is -0.577. The first kappa shape index (κ1) is 12.6. The van der Waals surface area contributed by atoms with E-state index in [0.717, 1.165) is 12.2 Å². The van der Waals surface area contributed by atoms with Gasteiger partial charge in [-0.1, -0.05) is 37.3 Å². The van der Waals surface area contributed by atoms with Crippen molar-refractivity contribution in [2.45, 2.75) is 38.0 Å². The van der Waals surface area contributed by atoms with Gasteiger partial charge in [-0.15, -0.1) is 0 Å². The van der Waals surface area contributed by atoms with Gasteiger partial charge in [0.2, 0.25) is 0 Å². The van der Waals surface area contributed by atoms with Crippen molar-refractivity contribution in [2.75, 3.05) is 5.75 Å². The lowest BCUT2D eigenvalue weighted by atomic mass is 10.1. The van der Waals surface area contributed by atoms with Crippen LogP contribution in [-0.2, 0) is 0 Å². The van der Waals surface area contributed by atoms with Gasteiger partial charge in [0.05, 0.1) is 5.60 Å². The van der Waals surface area contributed by atoms with Crippen molar-refractivity contribution in [1.29, 1.82) is 0 Å². The third-order valence-electron chi connectivity index (χ3n) is 2.18. The van der Waals surface area contributed by atoms with E-state index in [0.29, 0.717) is 5.25 Å². The number of hydrogen-bond acceptors (Lipinski definition) is 2. The van der Waals surface area contributed by atoms with Crippen molar-refractivity contribution < 1.29 is 5.11 Å². The van der Waals surface area contributed by atoms with Gasteiger partial charge < -0.3 is 5.11 Å². The van der Waals surface area contributed by atoms with Gasteiger partial charge in [0.25, 0.3) is 0 Å². The van der Waals surface area contributed by atoms with Crippen molar-refractivity contribution in [2.24, 2.45) is 0 Å². The van der Waals surface area contributed by atoms with Crippen LogP contribution in [0.2, 0.25) is 0 Å². The molecule has 0 aromatic heterocycles. The average Bonchev–Trinajstić information content (AvgIpc) is 2.19. The topological polar surface area (TPSA) is 20.2 Å². The van der Waals surface area contributed by atoms with Crippen LogP contribution in [0.1, 0.15) is 38.0 Å². The Bertz CT molecular complexity index is 276. The maximum Gasteiger partial charge on any atom is 0.0682 e. The summed E-state index contributed by atoms with van der Waals surface area (Å²) in [4.78, 5) is 0. The second kappa shape index (κ2) is 5.57. The molecule has 0 bridgehead atoms. The molecule has 0 aliphatic rings. The third kappa shape index (κ3) is 4.72. The number of rotatable bonds is 5. The molecule has 0 radical (unpaired) electrons. The number of hydrogen-bond donors (Lipinski definition) is 1. The van der Waals surface area contributed by atoms with Crippen molar-refractivity contribution in [3.63, 3.8) is 0 Å². The molecule has 0 aliphatic heterocycles. The van der Waals surface area contributed by atoms with Gasteiger partial charge >= 0.3 is 0 Å². The summed E-state index contributed by atoms with van der Waals surface area (Å²) in [5, 5.41) is 10.2. The molecule has 0 fully saturated rings. The van der Waals surface area contributed by atoms with Crippen LogP contribution >= 0.6 is 11.8 Å². The highest BCUT2D eigenvalue weighted by Crippen LogP contribution is 2.33. The summed E-state index contributed by atoms with van der Waals surface area (Å²) in [5.41, 5.74) is 0.779. The van der Waals surface area contributed by atoms with Gasteiger partial charge in [-0.25, -0.2) is 0 Å². The van der Waals surface area contributed by atoms with Gasteiger partial charge in [0.1, 0.15) is 0 Å². The maximum atomic E-state index is 9.69. The van der Waals surface area contributed by atoms with Gasteiger partial charge in [0, 0.05) is 11.0 Å². The average molecular weight is 224 g/mol. The normalized spacial score (nSPS) is 13.9. The highest BCUT2D eigenvalue weighted by atomic mass is 32.2. The molecule has 1 aromatic rings. The first-order valence-corrected chi connectivity index (χ1v) is 6.47. The van der Waals surface area contributed by atoms with E-state index < -0.39 is 5.60 Å². The zero-order valence-corrected chi connectivity index (χ0v) is 10.6. The fraction of sp³-hybridized carbons (Fsp3) is 0.538. The monoisotopic (exact) mass is 224 g/mol. The first-order chi connectivity index (χ1) is 7.03. The molecular weight excluding hydrogens is 204 g/mol. The van der Waals surface area contributed by atoms with Gasteiger partial charge in [-0.2, -0.15) is 11.8 Å². The Labute approximate surface area is 96.9 Å². The van der Waals surface area contributed by atoms with Crippen LogP contribution in [0.3, 0.4) is 0 Å². The van der Waals surface area contributed by atoms with Crippen LogP contribution in [0.4, 0.5) is 0 Å². The van der Waals surface area contributed by atoms with E-state index in [4.69, 9.17) is 0 Å². The van der Waals surface area contributed by atoms with Crippen LogP contribution in [0.5, 0.6) is 0 Å². The summed E-state index contributed by atoms with van der Waals surface area (Å²) >= 11 is 1.83. The van der Waals surface area contributed by atoms with E-state index >= 15 is 0 Å². The summed E-state index contributed by atoms with van der Waals surface area (Å²) in [6.07, 6.45) is 1.10. The summed E-state index contributed by atoms with van der Waals surface area (Å²) in [7, 11) is 0. The summed E-state index contributed by atoms with van der Waals surface area (Å²) in [6.45, 7) is 5.91. The van der Waals surface area contributed by atoms with Crippen molar-refractivity contribution in [3.05, 3.63) is 35.9 Å². The van der Waals surface area contributed by atoms with Gasteiger partial charge in [-0.05, 0) is 25.8 Å². The molecule has 0 aliphatic carbocycles. The lowest BCUT2D eigenvalue weighted by Gasteiger charge is -2.21. The number of thioether (sulfide) groups is 1. The summed E-state index contributed by atoms with van der Waals surface area (Å²) in [5.74, 6) is 0.778. The molecule has 0 saturated carbocycles. The molecule has 0 spiro atoms. The van der Waals surface area contributed by atoms with Crippen LogP contribution in [-0.4, -0.2) is 16.5 Å². The number of benzene rings is 1. The quantitative estimate of drug-likeness (QED) is 0.824. The van der Waals surface area contributed by atoms with Crippen LogP contribution in [0, 0.1) is 0 Å². The number of aliphatic hydroxyl groups is 1. The molecule has 84 valence electrons. The molecule has 0 amide bonds. The van der Waals surface area contributed by atoms with Gasteiger partial charge in [0.15, 0.2) is 0 Å². The fourth-order valence-corrected chi connectivity index (χ4v) is 2.62. The van der Waals surface area contributed by atoms with E-state index in [2.05, 4.69) is 31.2 Å². The molecule has 1 nitrogen and oxygen atoms in total. The molecule has 1 aromatic carbocycles. The minimum Gasteiger partial charge on any atom is -0.390 e. The van der Waals surface area contributed by atoms with Crippen molar-refractivity contribution in [1.82, 2.24) is 0 Å². The molecule has 1 rings (SSSR count). The zero-order valence-electron chi connectivity index (χ0n) is 9.73. The summed E-state index contributed by atoms with van der Waals surface area (Å²) in [6, 6.07) is 10.5. The Balaban J connectivity index is 2.58. The molecule has 0 heterocycles. The molecule has 1 unspecified atom stereocenters. The standard InChI is InChI=1S/C13H20OS/c1-4-12(15-10-13(2,3)14)11-8-6-5-7-9-11/h5-9,12,14H,4,10H2,1-3H3. The Hall–Kier alpha value is -0.470. The van der Waals surface area contributed by atoms with E-state index in [-0.39, 0.29) is 0 Å². The highest BCUT2D eigenvalue weighted by molar-refractivity contribution is 7.99. The predicted octanol–water partition coefficient (Wildman–Crippen LogP) is 3.64. The van der Waals surface area contributed by atoms with E-state index in [1.54, 1.807) is 0 Å². The second-order valence-electron chi connectivity index (χ2n) is 4.43. The fourth-order valence-electron chi connectivity index (χ4n) is 1.42. The molecule has 1 atom stereocenters. The van der Waals surface area contributed by atoms with Crippen molar-refractivity contribution in [3.8, 4) is 0 Å². The second-order valence-corrected chi connectivity index (χ2v) is 5.62. The molecule has 15 heavy (non-hydrogen) atoms. The van der Waals surface area contributed by atoms with Crippen molar-refractivity contribution >= 4 is 11.8 Å². The van der Waals surface area contributed by atoms with E-state index in [1.165, 1.54) is 5.56 Å². The third-order valence-corrected chi connectivity index (χ3v) is 4.06. The predicted molar refractivity (Wildman–Crippen MR) is 68.2 cm³/mol. The van der Waals surface area contributed by atoms with Crippen LogP contribution in [0.25, 0.3) is 0 Å². The smallest absolute Gasteiger partial charge is 0.0682 e. The Kier molecular flexibility index (Phi) is 4.68. The van der Waals surface area contributed by atoms with Crippen LogP contribution in [0.15, 0.2) is 30.3 Å². The lowest BCUT2D eigenvalue weighted by Crippen LogP contribution is -2.22. The largest absolute Gasteiger partial charge is 0.390 e. The van der Waals surface area contributed by atoms with Crippen LogP contribution < -0.4 is 0 Å². The van der Waals surface area contributed by atoms with Gasteiger partial charge in [-0.3, -0.25) is 0 Å². The highest BCUT2D eigenvalue weighted by Gasteiger charge is 2.17. The molecule has 2 heteroatoms. The Morgan fingerprint density at radius 3 is 2.33 bits per heavy atom. The molecule has 0 saturated heterocycles. The SMILES string of the molecule is CCC(SCC(C)(C)O)c1ccccc1. The Morgan fingerprint density at radius 1 is 1.27 bits per heavy atom. The molecular formula is C13H20OS. The molecule has 1 N–H and O–H groups in total. The minimum absolute atomic E-state index is 0.498. The van der Waals surface area contributed by atoms with E-state index in [1.807, 2.05) is 31.7 Å². The maximum absolute atomic E-state index is 9.69. The lowest BCUT2D eigenvalue weighted by molar-refractivity contribution is 0.107.